The Morgan fingerprint density at radius 3 is 2.53 bits per heavy atom. The molecule has 0 unspecified atom stereocenters. The smallest absolute Gasteiger partial charge is 0.219 e. The SMILES string of the molecule is CCCc1cc(CO)cc(Oc2ccc(C)cc2)n1. The summed E-state index contributed by atoms with van der Waals surface area (Å²) in [5.41, 5.74) is 2.98. The molecule has 0 saturated heterocycles. The molecule has 2 rings (SSSR count). The Bertz CT molecular complexity index is 535. The Kier molecular flexibility index (Phi) is 4.53. The van der Waals surface area contributed by atoms with Crippen molar-refractivity contribution in [3.63, 3.8) is 0 Å². The second-order valence-corrected chi connectivity index (χ2v) is 4.63. The van der Waals surface area contributed by atoms with E-state index in [1.54, 1.807) is 6.07 Å². The number of pyridine rings is 1. The van der Waals surface area contributed by atoms with E-state index in [-0.39, 0.29) is 6.61 Å². The third-order valence-corrected chi connectivity index (χ3v) is 2.85. The summed E-state index contributed by atoms with van der Waals surface area (Å²) in [6, 6.07) is 11.5. The van der Waals surface area contributed by atoms with Crippen LogP contribution in [0.15, 0.2) is 36.4 Å². The Hall–Kier alpha value is -1.87. The van der Waals surface area contributed by atoms with Gasteiger partial charge in [0, 0.05) is 11.8 Å². The van der Waals surface area contributed by atoms with Crippen molar-refractivity contribution in [2.24, 2.45) is 0 Å². The van der Waals surface area contributed by atoms with Gasteiger partial charge in [-0.15, -0.1) is 0 Å². The first kappa shape index (κ1) is 13.6. The first-order valence-electron chi connectivity index (χ1n) is 6.56. The van der Waals surface area contributed by atoms with E-state index in [0.29, 0.717) is 5.88 Å². The van der Waals surface area contributed by atoms with Gasteiger partial charge in [0.2, 0.25) is 5.88 Å². The van der Waals surface area contributed by atoms with Crippen LogP contribution in [0.3, 0.4) is 0 Å². The first-order valence-corrected chi connectivity index (χ1v) is 6.56. The van der Waals surface area contributed by atoms with E-state index < -0.39 is 0 Å². The quantitative estimate of drug-likeness (QED) is 0.889. The molecule has 0 spiro atoms. The van der Waals surface area contributed by atoms with Crippen molar-refractivity contribution >= 4 is 0 Å². The van der Waals surface area contributed by atoms with Crippen molar-refractivity contribution in [3.05, 3.63) is 53.2 Å². The zero-order valence-electron chi connectivity index (χ0n) is 11.4. The van der Waals surface area contributed by atoms with Crippen molar-refractivity contribution in [1.29, 1.82) is 0 Å². The molecular formula is C16H19NO2. The monoisotopic (exact) mass is 257 g/mol. The number of hydrogen-bond acceptors (Lipinski definition) is 3. The number of rotatable bonds is 5. The summed E-state index contributed by atoms with van der Waals surface area (Å²) in [5, 5.41) is 9.27. The van der Waals surface area contributed by atoms with E-state index in [0.717, 1.165) is 29.8 Å². The van der Waals surface area contributed by atoms with Gasteiger partial charge in [0.25, 0.3) is 0 Å². The molecule has 0 saturated carbocycles. The van der Waals surface area contributed by atoms with Gasteiger partial charge in [-0.1, -0.05) is 31.0 Å². The maximum Gasteiger partial charge on any atom is 0.219 e. The fourth-order valence-electron chi connectivity index (χ4n) is 1.88. The van der Waals surface area contributed by atoms with Crippen LogP contribution >= 0.6 is 0 Å². The predicted octanol–water partition coefficient (Wildman–Crippen LogP) is 3.63. The fourth-order valence-corrected chi connectivity index (χ4v) is 1.88. The summed E-state index contributed by atoms with van der Waals surface area (Å²) in [6.07, 6.45) is 1.91. The molecule has 1 aromatic heterocycles. The van der Waals surface area contributed by atoms with Crippen LogP contribution in [0, 0.1) is 6.92 Å². The molecule has 3 heteroatoms. The van der Waals surface area contributed by atoms with Gasteiger partial charge < -0.3 is 9.84 Å². The molecule has 0 aliphatic carbocycles. The van der Waals surface area contributed by atoms with E-state index >= 15 is 0 Å². The van der Waals surface area contributed by atoms with Gasteiger partial charge in [0.1, 0.15) is 5.75 Å². The van der Waals surface area contributed by atoms with E-state index in [4.69, 9.17) is 4.74 Å². The Labute approximate surface area is 113 Å². The fraction of sp³-hybridized carbons (Fsp3) is 0.312. The minimum Gasteiger partial charge on any atom is -0.439 e. The number of aromatic nitrogens is 1. The van der Waals surface area contributed by atoms with E-state index in [2.05, 4.69) is 11.9 Å². The Morgan fingerprint density at radius 2 is 1.89 bits per heavy atom. The molecular weight excluding hydrogens is 238 g/mol. The lowest BCUT2D eigenvalue weighted by atomic mass is 10.2. The summed E-state index contributed by atoms with van der Waals surface area (Å²) < 4.78 is 5.74. The van der Waals surface area contributed by atoms with Gasteiger partial charge in [-0.2, -0.15) is 0 Å². The van der Waals surface area contributed by atoms with E-state index in [9.17, 15) is 5.11 Å². The lowest BCUT2D eigenvalue weighted by Gasteiger charge is -2.09. The summed E-state index contributed by atoms with van der Waals surface area (Å²) in [4.78, 5) is 4.46. The topological polar surface area (TPSA) is 42.4 Å². The van der Waals surface area contributed by atoms with Gasteiger partial charge in [0.05, 0.1) is 6.61 Å². The highest BCUT2D eigenvalue weighted by atomic mass is 16.5. The first-order chi connectivity index (χ1) is 9.21. The summed E-state index contributed by atoms with van der Waals surface area (Å²) in [7, 11) is 0. The zero-order chi connectivity index (χ0) is 13.7. The van der Waals surface area contributed by atoms with Crippen LogP contribution in [0.5, 0.6) is 11.6 Å². The molecule has 19 heavy (non-hydrogen) atoms. The van der Waals surface area contributed by atoms with Crippen molar-refractivity contribution in [2.45, 2.75) is 33.3 Å². The highest BCUT2D eigenvalue weighted by molar-refractivity contribution is 5.32. The highest BCUT2D eigenvalue weighted by Gasteiger charge is 2.04. The zero-order valence-corrected chi connectivity index (χ0v) is 11.4. The maximum atomic E-state index is 9.27. The minimum atomic E-state index is 0.00346. The number of benzene rings is 1. The van der Waals surface area contributed by atoms with Crippen LogP contribution in [0.4, 0.5) is 0 Å². The third-order valence-electron chi connectivity index (χ3n) is 2.85. The molecule has 0 amide bonds. The number of nitrogens with zero attached hydrogens (tertiary/aromatic N) is 1. The van der Waals surface area contributed by atoms with Crippen LogP contribution in [0.1, 0.15) is 30.2 Å². The second-order valence-electron chi connectivity index (χ2n) is 4.63. The number of aliphatic hydroxyl groups excluding tert-OH is 1. The number of aliphatic hydroxyl groups is 1. The summed E-state index contributed by atoms with van der Waals surface area (Å²) in [6.45, 7) is 4.14. The van der Waals surface area contributed by atoms with Crippen LogP contribution in [-0.4, -0.2) is 10.1 Å². The average molecular weight is 257 g/mol. The molecule has 0 fully saturated rings. The van der Waals surface area contributed by atoms with Gasteiger partial charge in [-0.25, -0.2) is 4.98 Å². The van der Waals surface area contributed by atoms with E-state index in [1.165, 1.54) is 5.56 Å². The van der Waals surface area contributed by atoms with Crippen LogP contribution < -0.4 is 4.74 Å². The molecule has 0 radical (unpaired) electrons. The number of ether oxygens (including phenoxy) is 1. The average Bonchev–Trinajstić information content (AvgIpc) is 2.41. The lowest BCUT2D eigenvalue weighted by molar-refractivity contribution is 0.280. The normalized spacial score (nSPS) is 10.5. The molecule has 1 N–H and O–H groups in total. The van der Waals surface area contributed by atoms with Crippen LogP contribution in [-0.2, 0) is 13.0 Å². The molecule has 0 bridgehead atoms. The lowest BCUT2D eigenvalue weighted by Crippen LogP contribution is -1.97. The molecule has 1 aromatic carbocycles. The van der Waals surface area contributed by atoms with Crippen molar-refractivity contribution in [1.82, 2.24) is 4.98 Å². The largest absolute Gasteiger partial charge is 0.439 e. The second kappa shape index (κ2) is 6.34. The minimum absolute atomic E-state index is 0.00346. The summed E-state index contributed by atoms with van der Waals surface area (Å²) in [5.74, 6) is 1.30. The predicted molar refractivity (Wildman–Crippen MR) is 75.4 cm³/mol. The molecule has 2 aromatic rings. The van der Waals surface area contributed by atoms with Gasteiger partial charge >= 0.3 is 0 Å². The molecule has 100 valence electrons. The molecule has 0 atom stereocenters. The number of hydrogen-bond donors (Lipinski definition) is 1. The van der Waals surface area contributed by atoms with Crippen LogP contribution in [0.25, 0.3) is 0 Å². The van der Waals surface area contributed by atoms with Crippen molar-refractivity contribution in [2.75, 3.05) is 0 Å². The number of aryl methyl sites for hydroxylation is 2. The summed E-state index contributed by atoms with van der Waals surface area (Å²) >= 11 is 0. The van der Waals surface area contributed by atoms with Crippen molar-refractivity contribution < 1.29 is 9.84 Å². The molecule has 3 nitrogen and oxygen atoms in total. The Balaban J connectivity index is 2.23. The van der Waals surface area contributed by atoms with Gasteiger partial charge in [0.15, 0.2) is 0 Å². The maximum absolute atomic E-state index is 9.27. The van der Waals surface area contributed by atoms with Crippen LogP contribution in [0.2, 0.25) is 0 Å². The van der Waals surface area contributed by atoms with Gasteiger partial charge in [-0.3, -0.25) is 0 Å². The third kappa shape index (κ3) is 3.80. The molecule has 1 heterocycles. The van der Waals surface area contributed by atoms with Crippen molar-refractivity contribution in [3.8, 4) is 11.6 Å². The van der Waals surface area contributed by atoms with Gasteiger partial charge in [-0.05, 0) is 37.1 Å². The standard InChI is InChI=1S/C16H19NO2/c1-3-4-14-9-13(11-18)10-16(17-14)19-15-7-5-12(2)6-8-15/h5-10,18H,3-4,11H2,1-2H3. The van der Waals surface area contributed by atoms with E-state index in [1.807, 2.05) is 37.3 Å². The molecule has 0 aliphatic rings. The Morgan fingerprint density at radius 1 is 1.16 bits per heavy atom. The highest BCUT2D eigenvalue weighted by Crippen LogP contribution is 2.22. The molecule has 0 aliphatic heterocycles.